The highest BCUT2D eigenvalue weighted by molar-refractivity contribution is 6.01. The minimum atomic E-state index is -0.305. The van der Waals surface area contributed by atoms with Crippen molar-refractivity contribution in [2.75, 3.05) is 33.9 Å². The number of nitrogens with zero attached hydrogens (tertiary/aromatic N) is 3. The maximum atomic E-state index is 14.9. The maximum Gasteiger partial charge on any atom is 0.256 e. The predicted octanol–water partition coefficient (Wildman–Crippen LogP) is 6.47. The summed E-state index contributed by atoms with van der Waals surface area (Å²) in [5.41, 5.74) is 8.56. The molecule has 49 heavy (non-hydrogen) atoms. The Morgan fingerprint density at radius 2 is 1.51 bits per heavy atom. The number of aromatic nitrogens is 1. The average Bonchev–Trinajstić information content (AvgIpc) is 3.47. The Morgan fingerprint density at radius 3 is 2.16 bits per heavy atom. The van der Waals surface area contributed by atoms with Gasteiger partial charge in [-0.25, -0.2) is 0 Å². The van der Waals surface area contributed by atoms with Crippen LogP contribution in [0.1, 0.15) is 34.1 Å². The number of carbonyl (C=O) groups excluding carboxylic acids is 2. The Bertz CT molecular complexity index is 1890. The third-order valence-corrected chi connectivity index (χ3v) is 8.87. The van der Waals surface area contributed by atoms with Gasteiger partial charge in [0.25, 0.3) is 5.91 Å². The number of rotatable bonds is 11. The first-order valence-corrected chi connectivity index (χ1v) is 16.4. The summed E-state index contributed by atoms with van der Waals surface area (Å²) in [6.07, 6.45) is 0.742. The van der Waals surface area contributed by atoms with Crippen molar-refractivity contribution in [1.29, 1.82) is 0 Å². The maximum absolute atomic E-state index is 14.9. The minimum Gasteiger partial charge on any atom is -0.493 e. The van der Waals surface area contributed by atoms with Crippen LogP contribution in [-0.2, 0) is 17.8 Å². The molecule has 0 saturated carbocycles. The van der Waals surface area contributed by atoms with Crippen molar-refractivity contribution in [2.24, 2.45) is 0 Å². The number of hydrogen-bond donors (Lipinski definition) is 1. The van der Waals surface area contributed by atoms with Crippen molar-refractivity contribution in [1.82, 2.24) is 19.8 Å². The third-order valence-electron chi connectivity index (χ3n) is 8.87. The highest BCUT2D eigenvalue weighted by Crippen LogP contribution is 2.40. The molecule has 1 saturated heterocycles. The molecule has 0 unspecified atom stereocenters. The van der Waals surface area contributed by atoms with E-state index in [1.807, 2.05) is 60.4 Å². The first kappa shape index (κ1) is 33.4. The Hall–Kier alpha value is -5.54. The Balaban J connectivity index is 1.42. The fraction of sp³-hybridized carbons (Fsp3) is 0.250. The fourth-order valence-electron chi connectivity index (χ4n) is 6.64. The standard InChI is InChI=1S/C40H42N4O5/c1-28-24-35(40(46)43-23-22-42(26-31-14-9-6-10-15-31)27-33(43)25-30-12-7-5-8-13-30)38(32-18-20-34(21-19-32)49-41-29(2)45)44(28)36-16-11-17-37(47-3)39(36)48-4/h5-21,24,33H,22-23,25-27H2,1-4H3,(H,41,45)/t33-/m1/s1. The summed E-state index contributed by atoms with van der Waals surface area (Å²) in [7, 11) is 3.22. The molecule has 4 aromatic carbocycles. The van der Waals surface area contributed by atoms with E-state index in [2.05, 4.69) is 63.5 Å². The zero-order valence-corrected chi connectivity index (χ0v) is 28.4. The van der Waals surface area contributed by atoms with E-state index in [-0.39, 0.29) is 17.9 Å². The zero-order chi connectivity index (χ0) is 34.3. The summed E-state index contributed by atoms with van der Waals surface area (Å²) in [5.74, 6) is 1.28. The van der Waals surface area contributed by atoms with Crippen molar-refractivity contribution < 1.29 is 23.9 Å². The monoisotopic (exact) mass is 658 g/mol. The number of hydroxylamine groups is 1. The molecule has 0 bridgehead atoms. The molecule has 1 fully saturated rings. The van der Waals surface area contributed by atoms with Crippen LogP contribution in [0.5, 0.6) is 17.2 Å². The molecule has 0 spiro atoms. The molecule has 5 aromatic rings. The van der Waals surface area contributed by atoms with Crippen LogP contribution in [0, 0.1) is 6.92 Å². The number of methoxy groups -OCH3 is 2. The molecule has 6 rings (SSSR count). The van der Waals surface area contributed by atoms with Crippen molar-refractivity contribution in [3.63, 3.8) is 0 Å². The summed E-state index contributed by atoms with van der Waals surface area (Å²) in [4.78, 5) is 36.3. The van der Waals surface area contributed by atoms with Crippen LogP contribution in [0.2, 0.25) is 0 Å². The number of carbonyl (C=O) groups is 2. The molecule has 0 radical (unpaired) electrons. The molecule has 2 heterocycles. The molecule has 2 amide bonds. The number of para-hydroxylation sites is 1. The molecule has 252 valence electrons. The van der Waals surface area contributed by atoms with E-state index in [0.717, 1.165) is 48.7 Å². The van der Waals surface area contributed by atoms with Gasteiger partial charge in [-0.3, -0.25) is 14.5 Å². The molecule has 1 atom stereocenters. The van der Waals surface area contributed by atoms with Gasteiger partial charge < -0.3 is 23.8 Å². The van der Waals surface area contributed by atoms with Gasteiger partial charge in [-0.1, -0.05) is 66.7 Å². The van der Waals surface area contributed by atoms with Crippen molar-refractivity contribution in [3.05, 3.63) is 132 Å². The fourth-order valence-corrected chi connectivity index (χ4v) is 6.64. The lowest BCUT2D eigenvalue weighted by Crippen LogP contribution is -2.55. The van der Waals surface area contributed by atoms with E-state index in [9.17, 15) is 9.59 Å². The first-order chi connectivity index (χ1) is 23.9. The first-order valence-electron chi connectivity index (χ1n) is 16.4. The van der Waals surface area contributed by atoms with Gasteiger partial charge in [0.05, 0.1) is 31.2 Å². The third kappa shape index (κ3) is 7.47. The largest absolute Gasteiger partial charge is 0.493 e. The lowest BCUT2D eigenvalue weighted by atomic mass is 9.99. The van der Waals surface area contributed by atoms with Gasteiger partial charge in [-0.15, -0.1) is 0 Å². The quantitative estimate of drug-likeness (QED) is 0.164. The van der Waals surface area contributed by atoms with E-state index in [1.54, 1.807) is 26.4 Å². The summed E-state index contributed by atoms with van der Waals surface area (Å²) in [6.45, 7) is 6.32. The Kier molecular flexibility index (Phi) is 10.3. The average molecular weight is 659 g/mol. The summed E-state index contributed by atoms with van der Waals surface area (Å²) in [5, 5.41) is 0. The van der Waals surface area contributed by atoms with Crippen molar-refractivity contribution in [2.45, 2.75) is 32.9 Å². The second kappa shape index (κ2) is 15.1. The summed E-state index contributed by atoms with van der Waals surface area (Å²) in [6, 6.07) is 35.8. The highest BCUT2D eigenvalue weighted by Gasteiger charge is 2.34. The number of piperazine rings is 1. The van der Waals surface area contributed by atoms with Crippen LogP contribution in [0.3, 0.4) is 0 Å². The smallest absolute Gasteiger partial charge is 0.256 e. The molecular weight excluding hydrogens is 616 g/mol. The topological polar surface area (TPSA) is 85.3 Å². The number of benzene rings is 4. The molecule has 9 heteroatoms. The summed E-state index contributed by atoms with van der Waals surface area (Å²) >= 11 is 0. The van der Waals surface area contributed by atoms with Crippen LogP contribution in [-0.4, -0.2) is 66.1 Å². The zero-order valence-electron chi connectivity index (χ0n) is 28.4. The Morgan fingerprint density at radius 1 is 0.816 bits per heavy atom. The van der Waals surface area contributed by atoms with Crippen molar-refractivity contribution >= 4 is 11.8 Å². The SMILES string of the molecule is COc1cccc(-n2c(C)cc(C(=O)N3CCN(Cc4ccccc4)C[C@H]3Cc3ccccc3)c2-c2ccc(ONC(C)=O)cc2)c1OC. The lowest BCUT2D eigenvalue weighted by Gasteiger charge is -2.42. The van der Waals surface area contributed by atoms with Gasteiger partial charge in [-0.05, 0) is 72.5 Å². The number of ether oxygens (including phenoxy) is 2. The van der Waals surface area contributed by atoms with Gasteiger partial charge in [0.1, 0.15) is 0 Å². The van der Waals surface area contributed by atoms with E-state index in [0.29, 0.717) is 29.4 Å². The number of amides is 2. The molecular formula is C40H42N4O5. The van der Waals surface area contributed by atoms with E-state index >= 15 is 0 Å². The highest BCUT2D eigenvalue weighted by atomic mass is 16.7. The van der Waals surface area contributed by atoms with Gasteiger partial charge in [0.2, 0.25) is 5.91 Å². The number of hydrogen-bond acceptors (Lipinski definition) is 6. The molecule has 9 nitrogen and oxygen atoms in total. The second-order valence-electron chi connectivity index (χ2n) is 12.2. The van der Waals surface area contributed by atoms with Gasteiger partial charge in [0, 0.05) is 44.8 Å². The lowest BCUT2D eigenvalue weighted by molar-refractivity contribution is -0.125. The van der Waals surface area contributed by atoms with Crippen molar-refractivity contribution in [3.8, 4) is 34.2 Å². The normalized spacial score (nSPS) is 14.7. The molecule has 1 aromatic heterocycles. The predicted molar refractivity (Wildman–Crippen MR) is 190 cm³/mol. The van der Waals surface area contributed by atoms with E-state index in [1.165, 1.54) is 18.1 Å². The van der Waals surface area contributed by atoms with E-state index < -0.39 is 0 Å². The molecule has 1 aliphatic heterocycles. The molecule has 1 aliphatic rings. The number of nitrogens with one attached hydrogen (secondary N) is 1. The van der Waals surface area contributed by atoms with Crippen LogP contribution in [0.25, 0.3) is 16.9 Å². The second-order valence-corrected chi connectivity index (χ2v) is 12.2. The summed E-state index contributed by atoms with van der Waals surface area (Å²) < 4.78 is 13.6. The van der Waals surface area contributed by atoms with E-state index in [4.69, 9.17) is 14.3 Å². The minimum absolute atomic E-state index is 0.0300. The number of aryl methyl sites for hydroxylation is 1. The van der Waals surface area contributed by atoms with Gasteiger partial charge >= 0.3 is 0 Å². The molecule has 1 N–H and O–H groups in total. The van der Waals surface area contributed by atoms with Crippen LogP contribution in [0.15, 0.2) is 109 Å². The van der Waals surface area contributed by atoms with Crippen LogP contribution in [0.4, 0.5) is 0 Å². The van der Waals surface area contributed by atoms with Gasteiger partial charge in [0.15, 0.2) is 17.2 Å². The van der Waals surface area contributed by atoms with Crippen LogP contribution >= 0.6 is 0 Å². The van der Waals surface area contributed by atoms with Gasteiger partial charge in [-0.2, -0.15) is 5.48 Å². The Labute approximate surface area is 287 Å². The molecule has 0 aliphatic carbocycles. The van der Waals surface area contributed by atoms with Crippen LogP contribution < -0.4 is 19.8 Å².